The molecule has 4 rings (SSSR count). The summed E-state index contributed by atoms with van der Waals surface area (Å²) in [7, 11) is 1.34. The number of rotatable bonds is 5. The first-order chi connectivity index (χ1) is 15.4. The number of pyridine rings is 1. The molecule has 0 bridgehead atoms. The van der Waals surface area contributed by atoms with Gasteiger partial charge in [-0.2, -0.15) is 0 Å². The zero-order chi connectivity index (χ0) is 22.8. The van der Waals surface area contributed by atoms with Crippen molar-refractivity contribution in [3.05, 3.63) is 101 Å². The zero-order valence-corrected chi connectivity index (χ0v) is 17.0. The van der Waals surface area contributed by atoms with Crippen molar-refractivity contribution in [1.29, 1.82) is 0 Å². The molecule has 0 radical (unpaired) electrons. The van der Waals surface area contributed by atoms with Crippen LogP contribution in [0.5, 0.6) is 5.75 Å². The van der Waals surface area contributed by atoms with Gasteiger partial charge in [-0.3, -0.25) is 14.6 Å². The van der Waals surface area contributed by atoms with Crippen LogP contribution in [0, 0.1) is 11.6 Å². The Morgan fingerprint density at radius 1 is 1.03 bits per heavy atom. The number of benzene rings is 2. The molecular weight excluding hydrogens is 418 g/mol. The summed E-state index contributed by atoms with van der Waals surface area (Å²) in [4.78, 5) is 31.2. The van der Waals surface area contributed by atoms with E-state index in [1.165, 1.54) is 54.7 Å². The molecule has 1 aliphatic heterocycles. The lowest BCUT2D eigenvalue weighted by molar-refractivity contribution is -0.140. The number of hydrogen-bond donors (Lipinski definition) is 1. The first kappa shape index (κ1) is 21.2. The van der Waals surface area contributed by atoms with E-state index in [2.05, 4.69) is 4.98 Å². The topological polar surface area (TPSA) is 79.7 Å². The Morgan fingerprint density at radius 3 is 2.34 bits per heavy atom. The standard InChI is InChI=1S/C24H18F2N2O4/c1-32-19-7-6-17(26)12-18(19)22(29)20-21(15-8-10-27-11-9-15)28(24(31)23(20)30)13-14-2-4-16(25)5-3-14/h2-12,21,29H,13H2,1H3/b22-20+. The molecule has 1 unspecified atom stereocenters. The summed E-state index contributed by atoms with van der Waals surface area (Å²) in [5, 5.41) is 11.1. The molecule has 0 saturated carbocycles. The molecule has 1 aromatic heterocycles. The van der Waals surface area contributed by atoms with Crippen molar-refractivity contribution in [1.82, 2.24) is 9.88 Å². The number of nitrogens with zero attached hydrogens (tertiary/aromatic N) is 2. The first-order valence-corrected chi connectivity index (χ1v) is 9.67. The number of halogens is 2. The maximum atomic E-state index is 13.9. The number of hydrogen-bond acceptors (Lipinski definition) is 5. The lowest BCUT2D eigenvalue weighted by Crippen LogP contribution is -2.29. The predicted octanol–water partition coefficient (Wildman–Crippen LogP) is 3.99. The van der Waals surface area contributed by atoms with Crippen LogP contribution in [0.1, 0.15) is 22.7 Å². The number of aromatic nitrogens is 1. The van der Waals surface area contributed by atoms with Gasteiger partial charge in [0.15, 0.2) is 0 Å². The van der Waals surface area contributed by atoms with Crippen LogP contribution in [0.4, 0.5) is 8.78 Å². The molecule has 3 aromatic rings. The highest BCUT2D eigenvalue weighted by atomic mass is 19.1. The van der Waals surface area contributed by atoms with Crippen LogP contribution in [-0.4, -0.2) is 33.8 Å². The SMILES string of the molecule is COc1ccc(F)cc1/C(O)=C1\C(=O)C(=O)N(Cc2ccc(F)cc2)C1c1ccncc1. The molecule has 1 saturated heterocycles. The smallest absolute Gasteiger partial charge is 0.295 e. The number of carbonyl (C=O) groups is 2. The molecule has 1 amide bonds. The van der Waals surface area contributed by atoms with Crippen LogP contribution >= 0.6 is 0 Å². The van der Waals surface area contributed by atoms with E-state index in [0.717, 1.165) is 12.1 Å². The Labute approximate surface area is 182 Å². The van der Waals surface area contributed by atoms with Crippen molar-refractivity contribution < 1.29 is 28.2 Å². The molecule has 6 nitrogen and oxygen atoms in total. The van der Waals surface area contributed by atoms with Crippen molar-refractivity contribution in [3.63, 3.8) is 0 Å². The molecule has 1 N–H and O–H groups in total. The van der Waals surface area contributed by atoms with E-state index >= 15 is 0 Å². The van der Waals surface area contributed by atoms with E-state index in [1.807, 2.05) is 0 Å². The highest BCUT2D eigenvalue weighted by Crippen LogP contribution is 2.41. The molecule has 162 valence electrons. The van der Waals surface area contributed by atoms with Gasteiger partial charge >= 0.3 is 0 Å². The number of carbonyl (C=O) groups excluding carboxylic acids is 2. The van der Waals surface area contributed by atoms with Gasteiger partial charge in [-0.05, 0) is 53.6 Å². The van der Waals surface area contributed by atoms with Gasteiger partial charge in [0.05, 0.1) is 24.3 Å². The second kappa shape index (κ2) is 8.58. The monoisotopic (exact) mass is 436 g/mol. The summed E-state index contributed by atoms with van der Waals surface area (Å²) >= 11 is 0. The van der Waals surface area contributed by atoms with Crippen molar-refractivity contribution in [2.45, 2.75) is 12.6 Å². The van der Waals surface area contributed by atoms with Crippen LogP contribution in [0.25, 0.3) is 5.76 Å². The van der Waals surface area contributed by atoms with Crippen molar-refractivity contribution in [2.24, 2.45) is 0 Å². The van der Waals surface area contributed by atoms with Gasteiger partial charge in [-0.1, -0.05) is 12.1 Å². The van der Waals surface area contributed by atoms with E-state index in [4.69, 9.17) is 4.74 Å². The van der Waals surface area contributed by atoms with Gasteiger partial charge < -0.3 is 14.7 Å². The van der Waals surface area contributed by atoms with E-state index in [0.29, 0.717) is 11.1 Å². The average Bonchev–Trinajstić information content (AvgIpc) is 3.05. The quantitative estimate of drug-likeness (QED) is 0.372. The van der Waals surface area contributed by atoms with Crippen LogP contribution in [0.2, 0.25) is 0 Å². The van der Waals surface area contributed by atoms with Gasteiger partial charge in [0.2, 0.25) is 0 Å². The lowest BCUT2D eigenvalue weighted by Gasteiger charge is -2.25. The van der Waals surface area contributed by atoms with Gasteiger partial charge in [0.1, 0.15) is 23.1 Å². The number of likely N-dealkylation sites (tertiary alicyclic amines) is 1. The third kappa shape index (κ3) is 3.82. The van der Waals surface area contributed by atoms with Crippen molar-refractivity contribution >= 4 is 17.4 Å². The molecule has 0 aliphatic carbocycles. The number of aliphatic hydroxyl groups is 1. The van der Waals surface area contributed by atoms with Crippen LogP contribution in [-0.2, 0) is 16.1 Å². The molecule has 8 heteroatoms. The van der Waals surface area contributed by atoms with Crippen molar-refractivity contribution in [2.75, 3.05) is 7.11 Å². The highest BCUT2D eigenvalue weighted by Gasteiger charge is 2.46. The van der Waals surface area contributed by atoms with Crippen LogP contribution < -0.4 is 4.74 Å². The number of ketones is 1. The minimum atomic E-state index is -0.962. The first-order valence-electron chi connectivity index (χ1n) is 9.67. The minimum absolute atomic E-state index is 0.00505. The summed E-state index contributed by atoms with van der Waals surface area (Å²) < 4.78 is 32.4. The fraction of sp³-hybridized carbons (Fsp3) is 0.125. The van der Waals surface area contributed by atoms with E-state index in [9.17, 15) is 23.5 Å². The molecule has 1 atom stereocenters. The Balaban J connectivity index is 1.88. The maximum absolute atomic E-state index is 13.9. The molecule has 32 heavy (non-hydrogen) atoms. The third-order valence-corrected chi connectivity index (χ3v) is 5.24. The molecule has 2 aromatic carbocycles. The lowest BCUT2D eigenvalue weighted by atomic mass is 9.95. The summed E-state index contributed by atoms with van der Waals surface area (Å²) in [6.45, 7) is -0.00505. The van der Waals surface area contributed by atoms with E-state index < -0.39 is 35.1 Å². The van der Waals surface area contributed by atoms with Gasteiger partial charge in [0, 0.05) is 18.9 Å². The predicted molar refractivity (Wildman–Crippen MR) is 111 cm³/mol. The largest absolute Gasteiger partial charge is 0.507 e. The number of ether oxygens (including phenoxy) is 1. The number of amides is 1. The summed E-state index contributed by atoms with van der Waals surface area (Å²) in [5.41, 5.74) is 0.868. The Hall–Kier alpha value is -4.07. The van der Waals surface area contributed by atoms with E-state index in [1.54, 1.807) is 12.1 Å². The molecule has 1 aliphatic rings. The number of methoxy groups -OCH3 is 1. The normalized spacial score (nSPS) is 17.6. The molecular formula is C24H18F2N2O4. The molecule has 2 heterocycles. The van der Waals surface area contributed by atoms with Gasteiger partial charge in [-0.15, -0.1) is 0 Å². The summed E-state index contributed by atoms with van der Waals surface area (Å²) in [6, 6.07) is 11.3. The minimum Gasteiger partial charge on any atom is -0.507 e. The summed E-state index contributed by atoms with van der Waals surface area (Å²) in [6.07, 6.45) is 2.99. The molecule has 0 spiro atoms. The number of aliphatic hydroxyl groups excluding tert-OH is 1. The number of Topliss-reactive ketones (excluding diaryl/α,β-unsaturated/α-hetero) is 1. The van der Waals surface area contributed by atoms with Crippen molar-refractivity contribution in [3.8, 4) is 5.75 Å². The Morgan fingerprint density at radius 2 is 1.69 bits per heavy atom. The Bertz CT molecular complexity index is 1210. The fourth-order valence-electron chi connectivity index (χ4n) is 3.73. The summed E-state index contributed by atoms with van der Waals surface area (Å²) in [5.74, 6) is -3.25. The van der Waals surface area contributed by atoms with Crippen LogP contribution in [0.15, 0.2) is 72.6 Å². The highest BCUT2D eigenvalue weighted by molar-refractivity contribution is 6.46. The fourth-order valence-corrected chi connectivity index (χ4v) is 3.73. The maximum Gasteiger partial charge on any atom is 0.295 e. The van der Waals surface area contributed by atoms with E-state index in [-0.39, 0.29) is 23.4 Å². The second-order valence-electron chi connectivity index (χ2n) is 7.18. The second-order valence-corrected chi connectivity index (χ2v) is 7.18. The Kier molecular flexibility index (Phi) is 5.68. The van der Waals surface area contributed by atoms with Gasteiger partial charge in [-0.25, -0.2) is 8.78 Å². The zero-order valence-electron chi connectivity index (χ0n) is 17.0. The molecule has 1 fully saturated rings. The average molecular weight is 436 g/mol. The van der Waals surface area contributed by atoms with Gasteiger partial charge in [0.25, 0.3) is 11.7 Å². The third-order valence-electron chi connectivity index (χ3n) is 5.24. The van der Waals surface area contributed by atoms with Crippen LogP contribution in [0.3, 0.4) is 0 Å².